The number of hydrogen-bond donors (Lipinski definition) is 0. The SMILES string of the molecule is O=C(Cc1cc[c]cc1)N1CCCC1. The zero-order valence-electron chi connectivity index (χ0n) is 8.20. The molecule has 0 aliphatic carbocycles. The Bertz CT molecular complexity index is 301. The van der Waals surface area contributed by atoms with Crippen LogP contribution in [0.1, 0.15) is 18.4 Å². The summed E-state index contributed by atoms with van der Waals surface area (Å²) in [6.45, 7) is 1.88. The largest absolute Gasteiger partial charge is 0.342 e. The van der Waals surface area contributed by atoms with E-state index >= 15 is 0 Å². The van der Waals surface area contributed by atoms with Gasteiger partial charge in [0.25, 0.3) is 0 Å². The highest BCUT2D eigenvalue weighted by molar-refractivity contribution is 5.78. The topological polar surface area (TPSA) is 20.3 Å². The molecule has 1 amide bonds. The summed E-state index contributed by atoms with van der Waals surface area (Å²) < 4.78 is 0. The minimum Gasteiger partial charge on any atom is -0.342 e. The Balaban J connectivity index is 1.94. The average Bonchev–Trinajstić information content (AvgIpc) is 2.72. The highest BCUT2D eigenvalue weighted by Crippen LogP contribution is 2.10. The van der Waals surface area contributed by atoms with Crippen LogP contribution >= 0.6 is 0 Å². The lowest BCUT2D eigenvalue weighted by molar-refractivity contribution is -0.129. The van der Waals surface area contributed by atoms with Crippen LogP contribution in [0.5, 0.6) is 0 Å². The van der Waals surface area contributed by atoms with Crippen molar-refractivity contribution in [3.05, 3.63) is 35.9 Å². The summed E-state index contributed by atoms with van der Waals surface area (Å²) in [6.07, 6.45) is 2.86. The standard InChI is InChI=1S/C12H14NO/c14-12(13-8-4-5-9-13)10-11-6-2-1-3-7-11/h2-3,6-7H,4-5,8-10H2. The van der Waals surface area contributed by atoms with Gasteiger partial charge in [0.2, 0.25) is 5.91 Å². The van der Waals surface area contributed by atoms with Crippen LogP contribution in [0, 0.1) is 6.07 Å². The van der Waals surface area contributed by atoms with Crippen LogP contribution in [0.2, 0.25) is 0 Å². The van der Waals surface area contributed by atoms with Gasteiger partial charge in [0.15, 0.2) is 0 Å². The Morgan fingerprint density at radius 1 is 1.29 bits per heavy atom. The van der Waals surface area contributed by atoms with Gasteiger partial charge in [0, 0.05) is 13.1 Å². The van der Waals surface area contributed by atoms with Crippen molar-refractivity contribution in [2.45, 2.75) is 19.3 Å². The molecule has 1 aliphatic heterocycles. The molecule has 14 heavy (non-hydrogen) atoms. The second-order valence-electron chi connectivity index (χ2n) is 3.67. The molecule has 1 radical (unpaired) electrons. The van der Waals surface area contributed by atoms with Crippen LogP contribution < -0.4 is 0 Å². The Labute approximate surface area is 84.5 Å². The van der Waals surface area contributed by atoms with E-state index in [9.17, 15) is 4.79 Å². The van der Waals surface area contributed by atoms with Crippen LogP contribution in [0.4, 0.5) is 0 Å². The van der Waals surface area contributed by atoms with Gasteiger partial charge in [0.05, 0.1) is 6.42 Å². The summed E-state index contributed by atoms with van der Waals surface area (Å²) in [5, 5.41) is 0. The summed E-state index contributed by atoms with van der Waals surface area (Å²) in [4.78, 5) is 13.7. The van der Waals surface area contributed by atoms with Crippen LogP contribution in [0.15, 0.2) is 24.3 Å². The van der Waals surface area contributed by atoms with Crippen molar-refractivity contribution < 1.29 is 4.79 Å². The monoisotopic (exact) mass is 188 g/mol. The number of nitrogens with zero attached hydrogens (tertiary/aromatic N) is 1. The van der Waals surface area contributed by atoms with Gasteiger partial charge in [-0.25, -0.2) is 0 Å². The Morgan fingerprint density at radius 2 is 1.93 bits per heavy atom. The molecule has 1 fully saturated rings. The molecule has 1 aromatic carbocycles. The molecule has 0 atom stereocenters. The minimum absolute atomic E-state index is 0.258. The van der Waals surface area contributed by atoms with E-state index in [-0.39, 0.29) is 5.91 Å². The number of likely N-dealkylation sites (tertiary alicyclic amines) is 1. The summed E-state index contributed by atoms with van der Waals surface area (Å²) in [5.41, 5.74) is 1.08. The number of carbonyl (C=O) groups is 1. The number of carbonyl (C=O) groups excluding carboxylic acids is 1. The molecule has 1 aliphatic rings. The Morgan fingerprint density at radius 3 is 2.57 bits per heavy atom. The Hall–Kier alpha value is -1.31. The molecule has 2 rings (SSSR count). The number of benzene rings is 1. The predicted molar refractivity (Wildman–Crippen MR) is 54.8 cm³/mol. The van der Waals surface area contributed by atoms with Crippen molar-refractivity contribution in [3.8, 4) is 0 Å². The molecule has 0 N–H and O–H groups in total. The summed E-state index contributed by atoms with van der Waals surface area (Å²) in [7, 11) is 0. The van der Waals surface area contributed by atoms with Crippen LogP contribution in [-0.2, 0) is 11.2 Å². The summed E-state index contributed by atoms with van der Waals surface area (Å²) in [6, 6.07) is 10.6. The lowest BCUT2D eigenvalue weighted by atomic mass is 10.1. The van der Waals surface area contributed by atoms with Gasteiger partial charge in [-0.3, -0.25) is 4.79 Å². The van der Waals surface area contributed by atoms with Crippen molar-refractivity contribution in [1.29, 1.82) is 0 Å². The molecule has 1 heterocycles. The highest BCUT2D eigenvalue weighted by Gasteiger charge is 2.17. The molecule has 1 saturated heterocycles. The fourth-order valence-electron chi connectivity index (χ4n) is 1.79. The first kappa shape index (κ1) is 9.25. The average molecular weight is 188 g/mol. The van der Waals surface area contributed by atoms with Crippen molar-refractivity contribution in [2.24, 2.45) is 0 Å². The maximum absolute atomic E-state index is 11.7. The van der Waals surface area contributed by atoms with E-state index in [0.717, 1.165) is 31.5 Å². The zero-order valence-corrected chi connectivity index (χ0v) is 8.20. The summed E-state index contributed by atoms with van der Waals surface area (Å²) >= 11 is 0. The maximum Gasteiger partial charge on any atom is 0.226 e. The van der Waals surface area contributed by atoms with Crippen LogP contribution in [-0.4, -0.2) is 23.9 Å². The maximum atomic E-state index is 11.7. The Kier molecular flexibility index (Phi) is 2.82. The van der Waals surface area contributed by atoms with Crippen molar-refractivity contribution >= 4 is 5.91 Å². The predicted octanol–water partition coefficient (Wildman–Crippen LogP) is 1.65. The lowest BCUT2D eigenvalue weighted by Gasteiger charge is -2.14. The van der Waals surface area contributed by atoms with Gasteiger partial charge in [-0.2, -0.15) is 0 Å². The quantitative estimate of drug-likeness (QED) is 0.691. The van der Waals surface area contributed by atoms with E-state index in [1.165, 1.54) is 0 Å². The van der Waals surface area contributed by atoms with Gasteiger partial charge in [0.1, 0.15) is 0 Å². The lowest BCUT2D eigenvalue weighted by Crippen LogP contribution is -2.28. The zero-order chi connectivity index (χ0) is 9.80. The molecule has 73 valence electrons. The molecule has 0 spiro atoms. The number of amides is 1. The highest BCUT2D eigenvalue weighted by atomic mass is 16.2. The first-order chi connectivity index (χ1) is 6.86. The van der Waals surface area contributed by atoms with Crippen molar-refractivity contribution in [2.75, 3.05) is 13.1 Å². The van der Waals surface area contributed by atoms with Crippen LogP contribution in [0.3, 0.4) is 0 Å². The second kappa shape index (κ2) is 4.27. The molecule has 0 bridgehead atoms. The van der Waals surface area contributed by atoms with E-state index in [0.29, 0.717) is 6.42 Å². The van der Waals surface area contributed by atoms with Gasteiger partial charge in [-0.15, -0.1) is 0 Å². The number of rotatable bonds is 2. The molecule has 2 nitrogen and oxygen atoms in total. The normalized spacial score (nSPS) is 15.9. The van der Waals surface area contributed by atoms with E-state index in [1.54, 1.807) is 0 Å². The van der Waals surface area contributed by atoms with E-state index in [2.05, 4.69) is 6.07 Å². The number of hydrogen-bond acceptors (Lipinski definition) is 1. The smallest absolute Gasteiger partial charge is 0.226 e. The molecule has 0 saturated carbocycles. The molecular formula is C12H14NO. The van der Waals surface area contributed by atoms with Crippen molar-refractivity contribution in [3.63, 3.8) is 0 Å². The molecule has 2 heteroatoms. The van der Waals surface area contributed by atoms with Gasteiger partial charge >= 0.3 is 0 Å². The van der Waals surface area contributed by atoms with Gasteiger partial charge < -0.3 is 4.90 Å². The third-order valence-corrected chi connectivity index (χ3v) is 2.60. The van der Waals surface area contributed by atoms with Crippen LogP contribution in [0.25, 0.3) is 0 Å². The fraction of sp³-hybridized carbons (Fsp3) is 0.417. The fourth-order valence-corrected chi connectivity index (χ4v) is 1.79. The summed E-state index contributed by atoms with van der Waals surface area (Å²) in [5.74, 6) is 0.258. The van der Waals surface area contributed by atoms with E-state index in [1.807, 2.05) is 29.2 Å². The third-order valence-electron chi connectivity index (χ3n) is 2.60. The van der Waals surface area contributed by atoms with Crippen molar-refractivity contribution in [1.82, 2.24) is 4.90 Å². The van der Waals surface area contributed by atoms with Gasteiger partial charge in [-0.05, 0) is 24.5 Å². The molecule has 1 aromatic rings. The first-order valence-electron chi connectivity index (χ1n) is 5.09. The van der Waals surface area contributed by atoms with E-state index in [4.69, 9.17) is 0 Å². The second-order valence-corrected chi connectivity index (χ2v) is 3.67. The first-order valence-corrected chi connectivity index (χ1v) is 5.09. The van der Waals surface area contributed by atoms with Gasteiger partial charge in [-0.1, -0.05) is 24.3 Å². The molecule has 0 aromatic heterocycles. The van der Waals surface area contributed by atoms with E-state index < -0.39 is 0 Å². The molecule has 0 unspecified atom stereocenters. The molecular weight excluding hydrogens is 174 g/mol. The minimum atomic E-state index is 0.258. The third kappa shape index (κ3) is 2.13.